The number of carbonyl (C=O) groups is 2. The average Bonchev–Trinajstić information content (AvgIpc) is 3.15. The number of piperidine rings is 1. The summed E-state index contributed by atoms with van der Waals surface area (Å²) in [5.41, 5.74) is -2.01. The Balaban J connectivity index is 1.56. The van der Waals surface area contributed by atoms with Crippen LogP contribution in [0.25, 0.3) is 0 Å². The predicted octanol–water partition coefficient (Wildman–Crippen LogP) is 5.14. The van der Waals surface area contributed by atoms with Crippen LogP contribution in [-0.4, -0.2) is 46.7 Å². The number of anilines is 1. The number of nitrogens with one attached hydrogen (secondary N) is 1. The SMILES string of the molecule is CC(C)(C)OC(=O)ON1CCC(Nc2ncc(C(=O)c3ccccc3C(F)(F)F)s2)CC1. The number of hydrogen-bond acceptors (Lipinski definition) is 8. The molecule has 1 aromatic carbocycles. The lowest BCUT2D eigenvalue weighted by molar-refractivity contribution is -0.151. The molecule has 1 N–H and O–H groups in total. The van der Waals surface area contributed by atoms with Crippen LogP contribution in [0.5, 0.6) is 0 Å². The molecule has 11 heteroatoms. The van der Waals surface area contributed by atoms with Crippen LogP contribution in [-0.2, 0) is 15.8 Å². The lowest BCUT2D eigenvalue weighted by Gasteiger charge is -2.31. The maximum atomic E-state index is 13.2. The fourth-order valence-electron chi connectivity index (χ4n) is 3.15. The Kier molecular flexibility index (Phi) is 7.09. The van der Waals surface area contributed by atoms with Gasteiger partial charge >= 0.3 is 12.3 Å². The number of benzene rings is 1. The Morgan fingerprint density at radius 3 is 2.44 bits per heavy atom. The molecule has 1 saturated heterocycles. The number of carbonyl (C=O) groups excluding carboxylic acids is 2. The first kappa shape index (κ1) is 24.0. The van der Waals surface area contributed by atoms with E-state index in [1.54, 1.807) is 20.8 Å². The number of halogens is 3. The van der Waals surface area contributed by atoms with E-state index in [4.69, 9.17) is 9.57 Å². The average molecular weight is 472 g/mol. The minimum atomic E-state index is -4.62. The number of nitrogens with zero attached hydrogens (tertiary/aromatic N) is 2. The zero-order valence-electron chi connectivity index (χ0n) is 17.9. The topological polar surface area (TPSA) is 80.8 Å². The van der Waals surface area contributed by atoms with E-state index in [2.05, 4.69) is 10.3 Å². The van der Waals surface area contributed by atoms with Crippen molar-refractivity contribution in [1.29, 1.82) is 0 Å². The molecule has 0 spiro atoms. The van der Waals surface area contributed by atoms with Crippen molar-refractivity contribution in [2.75, 3.05) is 18.4 Å². The highest BCUT2D eigenvalue weighted by molar-refractivity contribution is 7.17. The van der Waals surface area contributed by atoms with Gasteiger partial charge in [-0.3, -0.25) is 4.79 Å². The van der Waals surface area contributed by atoms with Crippen LogP contribution in [0.2, 0.25) is 0 Å². The molecule has 0 atom stereocenters. The largest absolute Gasteiger partial charge is 0.528 e. The summed E-state index contributed by atoms with van der Waals surface area (Å²) in [5.74, 6) is -0.718. The Hall–Kier alpha value is -2.66. The summed E-state index contributed by atoms with van der Waals surface area (Å²) in [6, 6.07) is 4.72. The third-order valence-electron chi connectivity index (χ3n) is 4.58. The molecular formula is C21H24F3N3O4S. The molecule has 1 aliphatic heterocycles. The van der Waals surface area contributed by atoms with Crippen molar-refractivity contribution in [3.8, 4) is 0 Å². The maximum absolute atomic E-state index is 13.2. The molecule has 0 aliphatic carbocycles. The van der Waals surface area contributed by atoms with E-state index in [0.29, 0.717) is 31.1 Å². The van der Waals surface area contributed by atoms with Crippen LogP contribution >= 0.6 is 11.3 Å². The molecule has 0 bridgehead atoms. The Labute approximate surface area is 187 Å². The van der Waals surface area contributed by atoms with Gasteiger partial charge in [-0.05, 0) is 39.7 Å². The van der Waals surface area contributed by atoms with Gasteiger partial charge in [0.15, 0.2) is 5.13 Å². The van der Waals surface area contributed by atoms with Gasteiger partial charge < -0.3 is 14.9 Å². The maximum Gasteiger partial charge on any atom is 0.528 e. The number of alkyl halides is 3. The Morgan fingerprint density at radius 1 is 1.16 bits per heavy atom. The molecule has 174 valence electrons. The van der Waals surface area contributed by atoms with Crippen molar-refractivity contribution in [2.45, 2.75) is 51.4 Å². The molecule has 32 heavy (non-hydrogen) atoms. The van der Waals surface area contributed by atoms with Crippen molar-refractivity contribution >= 4 is 28.4 Å². The molecule has 7 nitrogen and oxygen atoms in total. The van der Waals surface area contributed by atoms with Gasteiger partial charge in [0.05, 0.1) is 16.6 Å². The minimum Gasteiger partial charge on any atom is -0.427 e. The molecule has 0 radical (unpaired) electrons. The molecule has 0 unspecified atom stereocenters. The first-order valence-electron chi connectivity index (χ1n) is 10.0. The van der Waals surface area contributed by atoms with Crippen molar-refractivity contribution in [3.05, 3.63) is 46.5 Å². The van der Waals surface area contributed by atoms with E-state index in [-0.39, 0.29) is 10.9 Å². The van der Waals surface area contributed by atoms with E-state index in [0.717, 1.165) is 17.4 Å². The summed E-state index contributed by atoms with van der Waals surface area (Å²) in [5, 5.41) is 5.17. The molecule has 2 aromatic rings. The fourth-order valence-corrected chi connectivity index (χ4v) is 3.99. The standard InChI is InChI=1S/C21H24F3N3O4S/c1-20(2,3)30-19(29)31-27-10-8-13(9-11-27)26-18-25-12-16(32-18)17(28)14-6-4-5-7-15(14)21(22,23)24/h4-7,12-13H,8-11H2,1-3H3,(H,25,26). The highest BCUT2D eigenvalue weighted by Gasteiger charge is 2.35. The molecule has 0 saturated carbocycles. The van der Waals surface area contributed by atoms with Crippen molar-refractivity contribution in [3.63, 3.8) is 0 Å². The van der Waals surface area contributed by atoms with E-state index in [1.807, 2.05) is 0 Å². The van der Waals surface area contributed by atoms with Gasteiger partial charge in [-0.15, -0.1) is 5.06 Å². The molecule has 1 aliphatic rings. The normalized spacial score (nSPS) is 15.9. The first-order chi connectivity index (χ1) is 14.9. The van der Waals surface area contributed by atoms with Crippen molar-refractivity contribution < 1.29 is 32.3 Å². The summed E-state index contributed by atoms with van der Waals surface area (Å²) in [7, 11) is 0. The number of ether oxygens (including phenoxy) is 1. The van der Waals surface area contributed by atoms with Gasteiger partial charge in [-0.1, -0.05) is 29.5 Å². The fraction of sp³-hybridized carbons (Fsp3) is 0.476. The lowest BCUT2D eigenvalue weighted by atomic mass is 10.0. The summed E-state index contributed by atoms with van der Waals surface area (Å²) in [6.45, 7) is 6.21. The number of rotatable bonds is 5. The zero-order chi connectivity index (χ0) is 23.5. The molecule has 1 aromatic heterocycles. The van der Waals surface area contributed by atoms with Crippen LogP contribution < -0.4 is 5.32 Å². The minimum absolute atomic E-state index is 0.0186. The third-order valence-corrected chi connectivity index (χ3v) is 5.51. The second-order valence-electron chi connectivity index (χ2n) is 8.31. The second-order valence-corrected chi connectivity index (χ2v) is 9.34. The number of thiazole rings is 1. The van der Waals surface area contributed by atoms with Gasteiger partial charge in [0.25, 0.3) is 0 Å². The van der Waals surface area contributed by atoms with E-state index < -0.39 is 34.8 Å². The number of hydrogen-bond donors (Lipinski definition) is 1. The Bertz CT molecular complexity index is 964. The zero-order valence-corrected chi connectivity index (χ0v) is 18.7. The number of hydroxylamine groups is 2. The van der Waals surface area contributed by atoms with Crippen LogP contribution in [0.15, 0.2) is 30.5 Å². The number of ketones is 1. The van der Waals surface area contributed by atoms with E-state index >= 15 is 0 Å². The highest BCUT2D eigenvalue weighted by Crippen LogP contribution is 2.34. The summed E-state index contributed by atoms with van der Waals surface area (Å²) < 4.78 is 44.8. The monoisotopic (exact) mass is 471 g/mol. The second kappa shape index (κ2) is 9.45. The molecule has 0 amide bonds. The lowest BCUT2D eigenvalue weighted by Crippen LogP contribution is -2.41. The smallest absolute Gasteiger partial charge is 0.427 e. The quantitative estimate of drug-likeness (QED) is 0.478. The van der Waals surface area contributed by atoms with Crippen LogP contribution in [0.4, 0.5) is 23.1 Å². The van der Waals surface area contributed by atoms with Gasteiger partial charge in [0, 0.05) is 24.7 Å². The van der Waals surface area contributed by atoms with E-state index in [9.17, 15) is 22.8 Å². The molecular weight excluding hydrogens is 447 g/mol. The van der Waals surface area contributed by atoms with Crippen molar-refractivity contribution in [2.24, 2.45) is 0 Å². The van der Waals surface area contributed by atoms with Gasteiger partial charge in [0.2, 0.25) is 5.78 Å². The van der Waals surface area contributed by atoms with Gasteiger partial charge in [0.1, 0.15) is 5.60 Å². The highest BCUT2D eigenvalue weighted by atomic mass is 32.1. The third kappa shape index (κ3) is 6.42. The summed E-state index contributed by atoms with van der Waals surface area (Å²) in [4.78, 5) is 33.8. The van der Waals surface area contributed by atoms with Crippen LogP contribution in [0.3, 0.4) is 0 Å². The Morgan fingerprint density at radius 2 is 1.81 bits per heavy atom. The summed E-state index contributed by atoms with van der Waals surface area (Å²) >= 11 is 1.01. The predicted molar refractivity (Wildman–Crippen MR) is 113 cm³/mol. The van der Waals surface area contributed by atoms with Crippen molar-refractivity contribution in [1.82, 2.24) is 10.0 Å². The van der Waals surface area contributed by atoms with Crippen LogP contribution in [0, 0.1) is 0 Å². The summed E-state index contributed by atoms with van der Waals surface area (Å²) in [6.07, 6.45) is -2.81. The molecule has 2 heterocycles. The molecule has 1 fully saturated rings. The van der Waals surface area contributed by atoms with Gasteiger partial charge in [-0.2, -0.15) is 13.2 Å². The van der Waals surface area contributed by atoms with Gasteiger partial charge in [-0.25, -0.2) is 9.78 Å². The molecule has 3 rings (SSSR count). The van der Waals surface area contributed by atoms with Crippen LogP contribution in [0.1, 0.15) is 54.4 Å². The number of aromatic nitrogens is 1. The first-order valence-corrected chi connectivity index (χ1v) is 10.8. The van der Waals surface area contributed by atoms with E-state index in [1.165, 1.54) is 29.5 Å².